The van der Waals surface area contributed by atoms with Gasteiger partial charge in [-0.2, -0.15) is 0 Å². The molecule has 4 aromatic carbocycles. The number of anilines is 1. The number of methoxy groups -OCH3 is 1. The van der Waals surface area contributed by atoms with Crippen molar-refractivity contribution >= 4 is 33.5 Å². The molecule has 4 aromatic rings. The third kappa shape index (κ3) is 5.09. The fourth-order valence-corrected chi connectivity index (χ4v) is 7.55. The standard InChI is InChI=1S/C27H26NO4PS/c1-21-13-16-26(17-14-21)34(30,31)28-23-15-18-27(32-2)22(19-23)20-33(29,24-9-5-3-6-10-24)25-11-7-4-8-12-25/h3-19,28H,20H2,1-2H3. The van der Waals surface area contributed by atoms with Gasteiger partial charge >= 0.3 is 0 Å². The summed E-state index contributed by atoms with van der Waals surface area (Å²) in [6.45, 7) is 1.90. The molecule has 4 rings (SSSR count). The van der Waals surface area contributed by atoms with Gasteiger partial charge in [-0.25, -0.2) is 8.42 Å². The molecule has 0 aliphatic rings. The first-order valence-electron chi connectivity index (χ1n) is 10.8. The first-order valence-corrected chi connectivity index (χ1v) is 14.2. The highest BCUT2D eigenvalue weighted by Crippen LogP contribution is 2.48. The van der Waals surface area contributed by atoms with Crippen molar-refractivity contribution < 1.29 is 17.7 Å². The van der Waals surface area contributed by atoms with Gasteiger partial charge in [0.1, 0.15) is 12.9 Å². The van der Waals surface area contributed by atoms with E-state index in [1.807, 2.05) is 67.6 Å². The van der Waals surface area contributed by atoms with E-state index in [0.29, 0.717) is 17.0 Å². The van der Waals surface area contributed by atoms with Crippen molar-refractivity contribution in [3.8, 4) is 5.75 Å². The molecule has 0 amide bonds. The SMILES string of the molecule is COc1ccc(NS(=O)(=O)c2ccc(C)cc2)cc1CP(=O)(c1ccccc1)c1ccccc1. The van der Waals surface area contributed by atoms with E-state index in [1.54, 1.807) is 49.6 Å². The van der Waals surface area contributed by atoms with Gasteiger partial charge in [0.2, 0.25) is 0 Å². The van der Waals surface area contributed by atoms with Crippen molar-refractivity contribution in [2.75, 3.05) is 11.8 Å². The summed E-state index contributed by atoms with van der Waals surface area (Å²) in [5.41, 5.74) is 2.01. The molecule has 0 spiro atoms. The van der Waals surface area contributed by atoms with Crippen molar-refractivity contribution in [2.45, 2.75) is 18.0 Å². The lowest BCUT2D eigenvalue weighted by Crippen LogP contribution is -2.18. The van der Waals surface area contributed by atoms with E-state index < -0.39 is 17.2 Å². The van der Waals surface area contributed by atoms with Crippen molar-refractivity contribution in [2.24, 2.45) is 0 Å². The summed E-state index contributed by atoms with van der Waals surface area (Å²) in [4.78, 5) is 0.176. The minimum absolute atomic E-state index is 0.176. The fourth-order valence-electron chi connectivity index (χ4n) is 3.81. The Morgan fingerprint density at radius 1 is 0.794 bits per heavy atom. The van der Waals surface area contributed by atoms with Gasteiger partial charge in [0.25, 0.3) is 10.0 Å². The minimum atomic E-state index is -3.77. The number of aryl methyl sites for hydroxylation is 1. The first kappa shape index (κ1) is 23.8. The Labute approximate surface area is 200 Å². The number of sulfonamides is 1. The van der Waals surface area contributed by atoms with E-state index in [0.717, 1.165) is 16.2 Å². The molecule has 0 fully saturated rings. The Bertz CT molecular complexity index is 1380. The normalized spacial score (nSPS) is 11.7. The molecular formula is C27H26NO4PS. The molecule has 0 atom stereocenters. The first-order chi connectivity index (χ1) is 16.3. The van der Waals surface area contributed by atoms with Gasteiger partial charge in [0, 0.05) is 28.0 Å². The van der Waals surface area contributed by atoms with Crippen LogP contribution in [-0.4, -0.2) is 15.5 Å². The van der Waals surface area contributed by atoms with Crippen LogP contribution in [0.4, 0.5) is 5.69 Å². The predicted octanol–water partition coefficient (Wildman–Crippen LogP) is 5.32. The van der Waals surface area contributed by atoms with Crippen molar-refractivity contribution in [3.63, 3.8) is 0 Å². The zero-order chi connectivity index (χ0) is 24.2. The molecule has 5 nitrogen and oxygen atoms in total. The molecule has 1 N–H and O–H groups in total. The van der Waals surface area contributed by atoms with Crippen LogP contribution < -0.4 is 20.1 Å². The van der Waals surface area contributed by atoms with Crippen LogP contribution in [0.2, 0.25) is 0 Å². The van der Waals surface area contributed by atoms with Crippen LogP contribution in [0.5, 0.6) is 5.75 Å². The van der Waals surface area contributed by atoms with Crippen LogP contribution >= 0.6 is 7.14 Å². The van der Waals surface area contributed by atoms with Crippen LogP contribution in [0.3, 0.4) is 0 Å². The predicted molar refractivity (Wildman–Crippen MR) is 138 cm³/mol. The highest BCUT2D eigenvalue weighted by molar-refractivity contribution is 7.92. The number of hydrogen-bond acceptors (Lipinski definition) is 4. The number of rotatable bonds is 8. The van der Waals surface area contributed by atoms with E-state index >= 15 is 0 Å². The third-order valence-electron chi connectivity index (χ3n) is 5.60. The summed E-state index contributed by atoms with van der Waals surface area (Å²) in [6, 6.07) is 30.4. The summed E-state index contributed by atoms with van der Waals surface area (Å²) < 4.78 is 48.5. The zero-order valence-electron chi connectivity index (χ0n) is 19.0. The molecule has 0 aliphatic heterocycles. The quantitative estimate of drug-likeness (QED) is 0.339. The largest absolute Gasteiger partial charge is 0.496 e. The van der Waals surface area contributed by atoms with Crippen LogP contribution in [0.1, 0.15) is 11.1 Å². The van der Waals surface area contributed by atoms with Gasteiger partial charge < -0.3 is 9.30 Å². The lowest BCUT2D eigenvalue weighted by atomic mass is 10.2. The second kappa shape index (κ2) is 9.88. The molecule has 0 radical (unpaired) electrons. The third-order valence-corrected chi connectivity index (χ3v) is 10.1. The number of benzene rings is 4. The van der Waals surface area contributed by atoms with Gasteiger partial charge in [-0.1, -0.05) is 78.4 Å². The summed E-state index contributed by atoms with van der Waals surface area (Å²) >= 11 is 0. The minimum Gasteiger partial charge on any atom is -0.496 e. The molecule has 0 saturated heterocycles. The zero-order valence-corrected chi connectivity index (χ0v) is 20.7. The van der Waals surface area contributed by atoms with E-state index in [-0.39, 0.29) is 11.1 Å². The van der Waals surface area contributed by atoms with Crippen molar-refractivity contribution in [3.05, 3.63) is 114 Å². The fraction of sp³-hybridized carbons (Fsp3) is 0.111. The highest BCUT2D eigenvalue weighted by Gasteiger charge is 2.29. The van der Waals surface area contributed by atoms with Gasteiger partial charge in [0.15, 0.2) is 0 Å². The topological polar surface area (TPSA) is 72.5 Å². The average molecular weight is 492 g/mol. The van der Waals surface area contributed by atoms with Gasteiger partial charge in [0.05, 0.1) is 12.0 Å². The molecule has 0 unspecified atom stereocenters. The Hall–Kier alpha value is -3.34. The monoisotopic (exact) mass is 491 g/mol. The van der Waals surface area contributed by atoms with Gasteiger partial charge in [-0.05, 0) is 37.3 Å². The average Bonchev–Trinajstić information content (AvgIpc) is 2.85. The maximum atomic E-state index is 14.5. The smallest absolute Gasteiger partial charge is 0.261 e. The molecule has 34 heavy (non-hydrogen) atoms. The molecule has 174 valence electrons. The maximum absolute atomic E-state index is 14.5. The molecular weight excluding hydrogens is 465 g/mol. The molecule has 7 heteroatoms. The van der Waals surface area contributed by atoms with E-state index in [2.05, 4.69) is 4.72 Å². The summed E-state index contributed by atoms with van der Waals surface area (Å²) in [6.07, 6.45) is 0.185. The van der Waals surface area contributed by atoms with Crippen molar-refractivity contribution in [1.82, 2.24) is 0 Å². The second-order valence-corrected chi connectivity index (χ2v) is 12.5. The van der Waals surface area contributed by atoms with E-state index in [4.69, 9.17) is 4.74 Å². The molecule has 0 bridgehead atoms. The Kier molecular flexibility index (Phi) is 6.92. The van der Waals surface area contributed by atoms with Crippen LogP contribution in [0, 0.1) is 6.92 Å². The summed E-state index contributed by atoms with van der Waals surface area (Å²) in [7, 11) is -5.31. The molecule has 0 aliphatic carbocycles. The number of hydrogen-bond donors (Lipinski definition) is 1. The summed E-state index contributed by atoms with van der Waals surface area (Å²) in [5.74, 6) is 0.547. The van der Waals surface area contributed by atoms with Gasteiger partial charge in [-0.15, -0.1) is 0 Å². The molecule has 0 saturated carbocycles. The van der Waals surface area contributed by atoms with E-state index in [9.17, 15) is 13.0 Å². The lowest BCUT2D eigenvalue weighted by Gasteiger charge is -2.21. The summed E-state index contributed by atoms with van der Waals surface area (Å²) in [5, 5.41) is 1.46. The number of nitrogens with one attached hydrogen (secondary N) is 1. The highest BCUT2D eigenvalue weighted by atomic mass is 32.2. The van der Waals surface area contributed by atoms with E-state index in [1.165, 1.54) is 0 Å². The van der Waals surface area contributed by atoms with Crippen LogP contribution in [-0.2, 0) is 20.8 Å². The Balaban J connectivity index is 1.74. The molecule has 0 aromatic heterocycles. The van der Waals surface area contributed by atoms with Crippen LogP contribution in [0.15, 0.2) is 108 Å². The molecule has 0 heterocycles. The number of ether oxygens (including phenoxy) is 1. The van der Waals surface area contributed by atoms with Crippen LogP contribution in [0.25, 0.3) is 0 Å². The lowest BCUT2D eigenvalue weighted by molar-refractivity contribution is 0.411. The Morgan fingerprint density at radius 3 is 1.88 bits per heavy atom. The second-order valence-electron chi connectivity index (χ2n) is 8.01. The van der Waals surface area contributed by atoms with Crippen molar-refractivity contribution in [1.29, 1.82) is 0 Å². The van der Waals surface area contributed by atoms with Gasteiger partial charge in [-0.3, -0.25) is 4.72 Å². The Morgan fingerprint density at radius 2 is 1.35 bits per heavy atom. The maximum Gasteiger partial charge on any atom is 0.261 e.